The van der Waals surface area contributed by atoms with Crippen LogP contribution in [0.5, 0.6) is 0 Å². The number of fused-ring (bicyclic) bond motifs is 1. The zero-order valence-electron chi connectivity index (χ0n) is 19.4. The summed E-state index contributed by atoms with van der Waals surface area (Å²) in [4.78, 5) is 37.9. The van der Waals surface area contributed by atoms with Crippen LogP contribution in [0.4, 0.5) is 10.2 Å². The maximum Gasteiger partial charge on any atom is 0.267 e. The molecule has 0 saturated carbocycles. The fourth-order valence-electron chi connectivity index (χ4n) is 4.17. The molecule has 7 nitrogen and oxygen atoms in total. The van der Waals surface area contributed by atoms with Crippen LogP contribution < -0.4 is 10.5 Å². The second-order valence-corrected chi connectivity index (χ2v) is 10.4. The van der Waals surface area contributed by atoms with E-state index in [1.807, 2.05) is 19.1 Å². The van der Waals surface area contributed by atoms with Crippen LogP contribution in [0.2, 0.25) is 0 Å². The number of aromatic nitrogens is 2. The molecule has 0 N–H and O–H groups in total. The molecule has 2 aliphatic rings. The molecular weight excluding hydrogens is 485 g/mol. The summed E-state index contributed by atoms with van der Waals surface area (Å²) < 4.78 is 15.2. The van der Waals surface area contributed by atoms with Crippen LogP contribution in [0.25, 0.3) is 11.7 Å². The van der Waals surface area contributed by atoms with Crippen LogP contribution in [-0.4, -0.2) is 62.6 Å². The van der Waals surface area contributed by atoms with E-state index in [1.165, 1.54) is 21.4 Å². The molecular formula is C25H24FN5O2S2. The molecule has 0 spiro atoms. The number of likely N-dealkylation sites (N-methyl/N-ethyl adjacent to an activating group) is 1. The Labute approximate surface area is 211 Å². The first-order valence-corrected chi connectivity index (χ1v) is 12.5. The number of carbonyl (C=O) groups excluding carboxylic acids is 1. The number of halogens is 1. The van der Waals surface area contributed by atoms with E-state index < -0.39 is 0 Å². The number of rotatable bonds is 4. The van der Waals surface area contributed by atoms with Crippen LogP contribution in [0.15, 0.2) is 52.3 Å². The molecule has 35 heavy (non-hydrogen) atoms. The van der Waals surface area contributed by atoms with Crippen molar-refractivity contribution in [3.63, 3.8) is 0 Å². The molecule has 0 atom stereocenters. The quantitative estimate of drug-likeness (QED) is 0.395. The van der Waals surface area contributed by atoms with Crippen molar-refractivity contribution in [2.75, 3.05) is 38.1 Å². The van der Waals surface area contributed by atoms with Crippen molar-refractivity contribution in [2.24, 2.45) is 0 Å². The summed E-state index contributed by atoms with van der Waals surface area (Å²) in [6.45, 7) is 5.33. The molecule has 5 rings (SSSR count). The number of aryl methyl sites for hydroxylation is 1. The first-order valence-electron chi connectivity index (χ1n) is 11.3. The van der Waals surface area contributed by atoms with E-state index in [4.69, 9.17) is 17.2 Å². The van der Waals surface area contributed by atoms with Crippen LogP contribution in [0.1, 0.15) is 16.7 Å². The highest BCUT2D eigenvalue weighted by Gasteiger charge is 2.33. The van der Waals surface area contributed by atoms with Gasteiger partial charge in [0.25, 0.3) is 11.5 Å². The molecule has 2 fully saturated rings. The maximum absolute atomic E-state index is 13.6. The SMILES string of the molecule is Cc1ccc2nc(N3CCN(C)CC3)c(/C=C3/SC(=S)N(Cc4ccc(F)cc4)C3=O)c(=O)n2c1. The summed E-state index contributed by atoms with van der Waals surface area (Å²) in [5.41, 5.74) is 2.42. The van der Waals surface area contributed by atoms with Crippen LogP contribution in [0.3, 0.4) is 0 Å². The van der Waals surface area contributed by atoms with Gasteiger partial charge in [-0.05, 0) is 49.4 Å². The van der Waals surface area contributed by atoms with Crippen molar-refractivity contribution >= 4 is 51.7 Å². The van der Waals surface area contributed by atoms with Gasteiger partial charge in [0.05, 0.1) is 17.0 Å². The van der Waals surface area contributed by atoms with Gasteiger partial charge in [0, 0.05) is 32.4 Å². The number of carbonyl (C=O) groups is 1. The van der Waals surface area contributed by atoms with E-state index in [0.29, 0.717) is 26.3 Å². The van der Waals surface area contributed by atoms with E-state index in [-0.39, 0.29) is 23.8 Å². The van der Waals surface area contributed by atoms with Gasteiger partial charge in [-0.2, -0.15) is 0 Å². The van der Waals surface area contributed by atoms with Gasteiger partial charge in [0.2, 0.25) is 0 Å². The standard InChI is InChI=1S/C25H24FN5O2S2/c1-16-3-8-21-27-22(29-11-9-28(2)10-12-29)19(23(32)30(21)14-16)13-20-24(33)31(25(34)35-20)15-17-4-6-18(26)7-5-17/h3-8,13-14H,9-12,15H2,1-2H3/b20-13+. The zero-order chi connectivity index (χ0) is 24.7. The van der Waals surface area contributed by atoms with Crippen molar-refractivity contribution in [1.29, 1.82) is 0 Å². The average molecular weight is 510 g/mol. The number of hydrogen-bond donors (Lipinski definition) is 0. The summed E-state index contributed by atoms with van der Waals surface area (Å²) in [5.74, 6) is -0.0341. The number of nitrogens with zero attached hydrogens (tertiary/aromatic N) is 5. The molecule has 1 aromatic carbocycles. The Kier molecular flexibility index (Phi) is 6.43. The molecule has 180 valence electrons. The number of hydrogen-bond acceptors (Lipinski definition) is 7. The Balaban J connectivity index is 1.55. The Bertz CT molecular complexity index is 1410. The molecule has 4 heterocycles. The summed E-state index contributed by atoms with van der Waals surface area (Å²) in [6, 6.07) is 9.73. The Morgan fingerprint density at radius 3 is 2.51 bits per heavy atom. The second kappa shape index (κ2) is 9.52. The number of piperazine rings is 1. The van der Waals surface area contributed by atoms with E-state index in [1.54, 1.807) is 24.4 Å². The molecule has 0 radical (unpaired) electrons. The molecule has 10 heteroatoms. The molecule has 3 aromatic rings. The predicted octanol–water partition coefficient (Wildman–Crippen LogP) is 3.30. The van der Waals surface area contributed by atoms with Gasteiger partial charge in [-0.1, -0.05) is 42.2 Å². The van der Waals surface area contributed by atoms with Crippen LogP contribution >= 0.6 is 24.0 Å². The van der Waals surface area contributed by atoms with Crippen molar-refractivity contribution in [1.82, 2.24) is 19.2 Å². The fourth-order valence-corrected chi connectivity index (χ4v) is 5.41. The minimum absolute atomic E-state index is 0.226. The molecule has 1 amide bonds. The van der Waals surface area contributed by atoms with E-state index >= 15 is 0 Å². The highest BCUT2D eigenvalue weighted by Crippen LogP contribution is 2.34. The molecule has 0 aliphatic carbocycles. The summed E-state index contributed by atoms with van der Waals surface area (Å²) >= 11 is 6.64. The number of amides is 1. The smallest absolute Gasteiger partial charge is 0.267 e. The summed E-state index contributed by atoms with van der Waals surface area (Å²) in [7, 11) is 2.07. The minimum atomic E-state index is -0.338. The Morgan fingerprint density at radius 2 is 1.80 bits per heavy atom. The maximum atomic E-state index is 13.6. The first kappa shape index (κ1) is 23.7. The lowest BCUT2D eigenvalue weighted by molar-refractivity contribution is -0.122. The van der Waals surface area contributed by atoms with E-state index in [2.05, 4.69) is 16.8 Å². The van der Waals surface area contributed by atoms with Crippen molar-refractivity contribution in [3.8, 4) is 0 Å². The monoisotopic (exact) mass is 509 g/mol. The lowest BCUT2D eigenvalue weighted by atomic mass is 10.2. The normalized spacial score (nSPS) is 18.3. The average Bonchev–Trinajstić information content (AvgIpc) is 3.10. The summed E-state index contributed by atoms with van der Waals surface area (Å²) in [6.07, 6.45) is 3.39. The zero-order valence-corrected chi connectivity index (χ0v) is 21.0. The number of thioether (sulfide) groups is 1. The van der Waals surface area contributed by atoms with Crippen molar-refractivity contribution in [2.45, 2.75) is 13.5 Å². The highest BCUT2D eigenvalue weighted by atomic mass is 32.2. The van der Waals surface area contributed by atoms with Gasteiger partial charge >= 0.3 is 0 Å². The third-order valence-electron chi connectivity index (χ3n) is 6.19. The largest absolute Gasteiger partial charge is 0.353 e. The van der Waals surface area contributed by atoms with Crippen molar-refractivity contribution in [3.05, 3.63) is 80.4 Å². The molecule has 2 saturated heterocycles. The van der Waals surface area contributed by atoms with Gasteiger partial charge in [0.15, 0.2) is 0 Å². The second-order valence-electron chi connectivity index (χ2n) is 8.77. The van der Waals surface area contributed by atoms with E-state index in [0.717, 1.165) is 49.1 Å². The molecule has 0 bridgehead atoms. The van der Waals surface area contributed by atoms with Gasteiger partial charge in [-0.3, -0.25) is 18.9 Å². The van der Waals surface area contributed by atoms with Gasteiger partial charge in [-0.25, -0.2) is 9.37 Å². The van der Waals surface area contributed by atoms with Gasteiger partial charge in [0.1, 0.15) is 21.6 Å². The third-order valence-corrected chi connectivity index (χ3v) is 7.57. The number of pyridine rings is 1. The van der Waals surface area contributed by atoms with Gasteiger partial charge < -0.3 is 9.80 Å². The topological polar surface area (TPSA) is 61.2 Å². The molecule has 2 aromatic heterocycles. The summed E-state index contributed by atoms with van der Waals surface area (Å²) in [5, 5.41) is 0. The van der Waals surface area contributed by atoms with Crippen LogP contribution in [-0.2, 0) is 11.3 Å². The molecule has 2 aliphatic heterocycles. The highest BCUT2D eigenvalue weighted by molar-refractivity contribution is 8.26. The lowest BCUT2D eigenvalue weighted by Gasteiger charge is -2.34. The Morgan fingerprint density at radius 1 is 1.09 bits per heavy atom. The minimum Gasteiger partial charge on any atom is -0.353 e. The third kappa shape index (κ3) is 4.73. The Hall–Kier alpha value is -3.08. The van der Waals surface area contributed by atoms with Gasteiger partial charge in [-0.15, -0.1) is 0 Å². The lowest BCUT2D eigenvalue weighted by Crippen LogP contribution is -2.45. The number of benzene rings is 1. The number of thiocarbonyl (C=S) groups is 1. The molecule has 0 unspecified atom stereocenters. The van der Waals surface area contributed by atoms with Crippen molar-refractivity contribution < 1.29 is 9.18 Å². The predicted molar refractivity (Wildman–Crippen MR) is 141 cm³/mol. The van der Waals surface area contributed by atoms with Crippen LogP contribution in [0, 0.1) is 12.7 Å². The van der Waals surface area contributed by atoms with E-state index in [9.17, 15) is 14.0 Å². The fraction of sp³-hybridized carbons (Fsp3) is 0.280. The first-order chi connectivity index (χ1) is 16.8. The number of anilines is 1.